The number of fused-ring (bicyclic) bond motifs is 1. The molecule has 1 N–H and O–H groups in total. The van der Waals surface area contributed by atoms with Crippen LogP contribution in [0.2, 0.25) is 0 Å². The Morgan fingerprint density at radius 2 is 1.96 bits per heavy atom. The van der Waals surface area contributed by atoms with Gasteiger partial charge in [-0.15, -0.1) is 10.2 Å². The molecule has 0 bridgehead atoms. The average molecular weight is 403 g/mol. The van der Waals surface area contributed by atoms with Crippen LogP contribution in [0.15, 0.2) is 29.4 Å². The van der Waals surface area contributed by atoms with Gasteiger partial charge in [0, 0.05) is 13.0 Å². The normalized spacial score (nSPS) is 14.2. The Bertz CT molecular complexity index is 781. The molecular formula is C21H30N4O2S. The van der Waals surface area contributed by atoms with Crippen molar-refractivity contribution in [3.63, 3.8) is 0 Å². The van der Waals surface area contributed by atoms with Gasteiger partial charge < -0.3 is 14.6 Å². The summed E-state index contributed by atoms with van der Waals surface area (Å²) >= 11 is 1.45. The third kappa shape index (κ3) is 5.74. The van der Waals surface area contributed by atoms with Crippen molar-refractivity contribution >= 4 is 17.7 Å². The lowest BCUT2D eigenvalue weighted by molar-refractivity contribution is -0.118. The van der Waals surface area contributed by atoms with Gasteiger partial charge in [-0.1, -0.05) is 51.1 Å². The quantitative estimate of drug-likeness (QED) is 0.566. The fourth-order valence-corrected chi connectivity index (χ4v) is 3.97. The van der Waals surface area contributed by atoms with Crippen molar-refractivity contribution in [1.82, 2.24) is 20.1 Å². The van der Waals surface area contributed by atoms with E-state index in [-0.39, 0.29) is 11.3 Å². The Balaban J connectivity index is 1.37. The minimum Gasteiger partial charge on any atom is -0.492 e. The molecule has 1 amide bonds. The van der Waals surface area contributed by atoms with E-state index in [1.807, 2.05) is 12.1 Å². The van der Waals surface area contributed by atoms with Crippen LogP contribution in [-0.4, -0.2) is 39.6 Å². The van der Waals surface area contributed by atoms with Gasteiger partial charge in [0.2, 0.25) is 5.91 Å². The number of amides is 1. The van der Waals surface area contributed by atoms with Gasteiger partial charge in [0.1, 0.15) is 18.2 Å². The molecule has 0 aliphatic carbocycles. The summed E-state index contributed by atoms with van der Waals surface area (Å²) in [6.45, 7) is 8.45. The third-order valence-corrected chi connectivity index (χ3v) is 5.79. The van der Waals surface area contributed by atoms with Gasteiger partial charge >= 0.3 is 0 Å². The maximum absolute atomic E-state index is 12.1. The van der Waals surface area contributed by atoms with Gasteiger partial charge in [-0.2, -0.15) is 0 Å². The molecule has 0 saturated heterocycles. The van der Waals surface area contributed by atoms with Crippen LogP contribution in [0.5, 0.6) is 5.75 Å². The number of nitrogens with one attached hydrogen (secondary N) is 1. The van der Waals surface area contributed by atoms with Crippen LogP contribution in [0, 0.1) is 0 Å². The second-order valence-electron chi connectivity index (χ2n) is 8.12. The van der Waals surface area contributed by atoms with Crippen LogP contribution in [-0.2, 0) is 23.2 Å². The standard InChI is InChI=1S/C21H30N4O2S/c1-21(2,3)16-8-10-17(11-9-16)27-14-12-22-19(26)15-28-20-24-23-18-7-5-4-6-13-25(18)20/h8-11H,4-7,12-15H2,1-3H3,(H,22,26). The van der Waals surface area contributed by atoms with Crippen LogP contribution in [0.4, 0.5) is 0 Å². The molecule has 0 saturated carbocycles. The lowest BCUT2D eigenvalue weighted by Crippen LogP contribution is -2.29. The van der Waals surface area contributed by atoms with Gasteiger partial charge in [-0.3, -0.25) is 4.79 Å². The van der Waals surface area contributed by atoms with E-state index in [0.717, 1.165) is 36.1 Å². The lowest BCUT2D eigenvalue weighted by Gasteiger charge is -2.19. The lowest BCUT2D eigenvalue weighted by atomic mass is 9.87. The molecule has 28 heavy (non-hydrogen) atoms. The molecule has 3 rings (SSSR count). The molecule has 0 unspecified atom stereocenters. The number of hydrogen-bond acceptors (Lipinski definition) is 5. The van der Waals surface area contributed by atoms with Crippen LogP contribution >= 0.6 is 11.8 Å². The maximum atomic E-state index is 12.1. The highest BCUT2D eigenvalue weighted by atomic mass is 32.2. The summed E-state index contributed by atoms with van der Waals surface area (Å²) in [6.07, 6.45) is 4.53. The summed E-state index contributed by atoms with van der Waals surface area (Å²) in [5.74, 6) is 2.20. The van der Waals surface area contributed by atoms with Gasteiger partial charge in [0.25, 0.3) is 0 Å². The summed E-state index contributed by atoms with van der Waals surface area (Å²) < 4.78 is 7.88. The molecule has 1 aromatic carbocycles. The summed E-state index contributed by atoms with van der Waals surface area (Å²) in [7, 11) is 0. The van der Waals surface area contributed by atoms with E-state index in [1.54, 1.807) is 0 Å². The van der Waals surface area contributed by atoms with E-state index in [2.05, 4.69) is 53.0 Å². The number of aryl methyl sites for hydroxylation is 1. The molecule has 0 spiro atoms. The average Bonchev–Trinajstić information content (AvgIpc) is 2.89. The highest BCUT2D eigenvalue weighted by Gasteiger charge is 2.16. The molecule has 0 atom stereocenters. The first kappa shape index (κ1) is 20.7. The molecular weight excluding hydrogens is 372 g/mol. The molecule has 0 fully saturated rings. The predicted molar refractivity (Wildman–Crippen MR) is 112 cm³/mol. The van der Waals surface area contributed by atoms with Gasteiger partial charge in [-0.25, -0.2) is 0 Å². The van der Waals surface area contributed by atoms with Crippen LogP contribution in [0.25, 0.3) is 0 Å². The van der Waals surface area contributed by atoms with E-state index in [1.165, 1.54) is 30.2 Å². The van der Waals surface area contributed by atoms with Crippen molar-refractivity contribution in [3.8, 4) is 5.75 Å². The molecule has 7 heteroatoms. The second-order valence-corrected chi connectivity index (χ2v) is 9.07. The van der Waals surface area contributed by atoms with E-state index in [9.17, 15) is 4.79 Å². The topological polar surface area (TPSA) is 69.0 Å². The number of benzene rings is 1. The second kappa shape index (κ2) is 9.45. The van der Waals surface area contributed by atoms with Crippen molar-refractivity contribution in [1.29, 1.82) is 0 Å². The molecule has 2 heterocycles. The highest BCUT2D eigenvalue weighted by Crippen LogP contribution is 2.24. The molecule has 152 valence electrons. The zero-order valence-corrected chi connectivity index (χ0v) is 17.8. The smallest absolute Gasteiger partial charge is 0.230 e. The van der Waals surface area contributed by atoms with Crippen LogP contribution < -0.4 is 10.1 Å². The Morgan fingerprint density at radius 3 is 2.71 bits per heavy atom. The maximum Gasteiger partial charge on any atom is 0.230 e. The van der Waals surface area contributed by atoms with Crippen molar-refractivity contribution in [2.24, 2.45) is 0 Å². The number of thioether (sulfide) groups is 1. The number of hydrogen-bond donors (Lipinski definition) is 1. The van der Waals surface area contributed by atoms with Crippen molar-refractivity contribution in [3.05, 3.63) is 35.7 Å². The Kier molecular flexibility index (Phi) is 6.99. The minimum absolute atomic E-state index is 0.0114. The fraction of sp³-hybridized carbons (Fsp3) is 0.571. The highest BCUT2D eigenvalue weighted by molar-refractivity contribution is 7.99. The monoisotopic (exact) mass is 402 g/mol. The van der Waals surface area contributed by atoms with Crippen molar-refractivity contribution in [2.75, 3.05) is 18.9 Å². The molecule has 6 nitrogen and oxygen atoms in total. The molecule has 1 aromatic heterocycles. The zero-order chi connectivity index (χ0) is 20.0. The molecule has 1 aliphatic heterocycles. The summed E-state index contributed by atoms with van der Waals surface area (Å²) in [6, 6.07) is 8.14. The minimum atomic E-state index is -0.0114. The van der Waals surface area contributed by atoms with Gasteiger partial charge in [0.05, 0.1) is 12.3 Å². The number of aromatic nitrogens is 3. The number of rotatable bonds is 7. The largest absolute Gasteiger partial charge is 0.492 e. The predicted octanol–water partition coefficient (Wildman–Crippen LogP) is 3.59. The first-order chi connectivity index (χ1) is 13.4. The van der Waals surface area contributed by atoms with Crippen LogP contribution in [0.3, 0.4) is 0 Å². The number of carbonyl (C=O) groups is 1. The summed E-state index contributed by atoms with van der Waals surface area (Å²) in [5, 5.41) is 12.3. The fourth-order valence-electron chi connectivity index (χ4n) is 3.16. The van der Waals surface area contributed by atoms with E-state index < -0.39 is 0 Å². The van der Waals surface area contributed by atoms with E-state index >= 15 is 0 Å². The first-order valence-corrected chi connectivity index (χ1v) is 11.0. The molecule has 2 aromatic rings. The first-order valence-electron chi connectivity index (χ1n) is 9.98. The Morgan fingerprint density at radius 1 is 1.18 bits per heavy atom. The Labute approximate surface area is 171 Å². The Hall–Kier alpha value is -2.02. The van der Waals surface area contributed by atoms with Gasteiger partial charge in [0.15, 0.2) is 5.16 Å². The van der Waals surface area contributed by atoms with E-state index in [4.69, 9.17) is 4.74 Å². The number of carbonyl (C=O) groups excluding carboxylic acids is 1. The third-order valence-electron chi connectivity index (χ3n) is 4.82. The van der Waals surface area contributed by atoms with Gasteiger partial charge in [-0.05, 0) is 36.0 Å². The van der Waals surface area contributed by atoms with Crippen molar-refractivity contribution in [2.45, 2.75) is 63.6 Å². The summed E-state index contributed by atoms with van der Waals surface area (Å²) in [4.78, 5) is 12.1. The summed E-state index contributed by atoms with van der Waals surface area (Å²) in [5.41, 5.74) is 1.41. The van der Waals surface area contributed by atoms with Crippen LogP contribution in [0.1, 0.15) is 51.4 Å². The van der Waals surface area contributed by atoms with Crippen molar-refractivity contribution < 1.29 is 9.53 Å². The number of ether oxygens (including phenoxy) is 1. The van der Waals surface area contributed by atoms with E-state index in [0.29, 0.717) is 18.9 Å². The zero-order valence-electron chi connectivity index (χ0n) is 17.0. The number of nitrogens with zero attached hydrogens (tertiary/aromatic N) is 3. The molecule has 1 aliphatic rings. The SMILES string of the molecule is CC(C)(C)c1ccc(OCCNC(=O)CSc2nnc3n2CCCCC3)cc1. The molecule has 0 radical (unpaired) electrons.